The van der Waals surface area contributed by atoms with Gasteiger partial charge in [-0.2, -0.15) is 0 Å². The molecule has 0 bridgehead atoms. The van der Waals surface area contributed by atoms with E-state index in [2.05, 4.69) is 13.8 Å². The summed E-state index contributed by atoms with van der Waals surface area (Å²) in [6, 6.07) is 0.159. The number of carbonyl (C=O) groups is 1. The van der Waals surface area contributed by atoms with Crippen LogP contribution >= 0.6 is 0 Å². The molecule has 4 heteroatoms. The molecule has 3 N–H and O–H groups in total. The van der Waals surface area contributed by atoms with Gasteiger partial charge in [-0.3, -0.25) is 4.79 Å². The number of aliphatic hydroxyl groups is 1. The van der Waals surface area contributed by atoms with E-state index in [9.17, 15) is 4.79 Å². The van der Waals surface area contributed by atoms with Crippen LogP contribution in [0.1, 0.15) is 46.5 Å². The molecule has 0 rings (SSSR count). The van der Waals surface area contributed by atoms with Crippen molar-refractivity contribution in [2.24, 2.45) is 5.73 Å². The number of carbonyl (C=O) groups excluding carboxylic acids is 1. The fourth-order valence-electron chi connectivity index (χ4n) is 1.83. The van der Waals surface area contributed by atoms with Crippen molar-refractivity contribution in [2.75, 3.05) is 13.2 Å². The second kappa shape index (κ2) is 8.53. The van der Waals surface area contributed by atoms with Crippen LogP contribution in [0.5, 0.6) is 0 Å². The molecular weight excluding hydrogens is 204 g/mol. The SMILES string of the molecule is CCC(N)CC(=O)N(CCO)C(CC)CC. The van der Waals surface area contributed by atoms with E-state index in [4.69, 9.17) is 10.8 Å². The van der Waals surface area contributed by atoms with Crippen LogP contribution in [0.25, 0.3) is 0 Å². The van der Waals surface area contributed by atoms with Gasteiger partial charge in [-0.25, -0.2) is 0 Å². The van der Waals surface area contributed by atoms with E-state index in [1.54, 1.807) is 4.90 Å². The molecule has 0 aromatic rings. The van der Waals surface area contributed by atoms with Gasteiger partial charge in [-0.05, 0) is 19.3 Å². The van der Waals surface area contributed by atoms with Crippen molar-refractivity contribution >= 4 is 5.91 Å². The second-order valence-corrected chi connectivity index (χ2v) is 4.15. The predicted molar refractivity (Wildman–Crippen MR) is 66.1 cm³/mol. The Hall–Kier alpha value is -0.610. The van der Waals surface area contributed by atoms with Crippen LogP contribution in [0.15, 0.2) is 0 Å². The third-order valence-corrected chi connectivity index (χ3v) is 3.01. The normalized spacial score (nSPS) is 12.9. The van der Waals surface area contributed by atoms with Gasteiger partial charge in [0.2, 0.25) is 5.91 Å². The van der Waals surface area contributed by atoms with Crippen LogP contribution < -0.4 is 5.73 Å². The summed E-state index contributed by atoms with van der Waals surface area (Å²) in [6.07, 6.45) is 3.03. The Balaban J connectivity index is 4.44. The molecule has 16 heavy (non-hydrogen) atoms. The Morgan fingerprint density at radius 2 is 1.81 bits per heavy atom. The van der Waals surface area contributed by atoms with E-state index in [-0.39, 0.29) is 24.6 Å². The summed E-state index contributed by atoms with van der Waals surface area (Å²) in [5.74, 6) is 0.0668. The van der Waals surface area contributed by atoms with Gasteiger partial charge < -0.3 is 15.7 Å². The number of rotatable bonds is 8. The highest BCUT2D eigenvalue weighted by Crippen LogP contribution is 2.11. The molecule has 0 aliphatic rings. The highest BCUT2D eigenvalue weighted by molar-refractivity contribution is 5.77. The molecule has 0 aromatic carbocycles. The average molecular weight is 230 g/mol. The van der Waals surface area contributed by atoms with E-state index in [1.165, 1.54) is 0 Å². The van der Waals surface area contributed by atoms with Crippen molar-refractivity contribution in [3.8, 4) is 0 Å². The topological polar surface area (TPSA) is 66.6 Å². The van der Waals surface area contributed by atoms with Crippen LogP contribution in [0.2, 0.25) is 0 Å². The first-order valence-corrected chi connectivity index (χ1v) is 6.26. The maximum Gasteiger partial charge on any atom is 0.224 e. The fourth-order valence-corrected chi connectivity index (χ4v) is 1.83. The molecule has 0 radical (unpaired) electrons. The lowest BCUT2D eigenvalue weighted by Gasteiger charge is -2.30. The second-order valence-electron chi connectivity index (χ2n) is 4.15. The van der Waals surface area contributed by atoms with Gasteiger partial charge >= 0.3 is 0 Å². The predicted octanol–water partition coefficient (Wildman–Crippen LogP) is 1.12. The zero-order valence-electron chi connectivity index (χ0n) is 10.8. The van der Waals surface area contributed by atoms with Gasteiger partial charge in [-0.15, -0.1) is 0 Å². The van der Waals surface area contributed by atoms with Gasteiger partial charge in [0.25, 0.3) is 0 Å². The summed E-state index contributed by atoms with van der Waals surface area (Å²) in [6.45, 7) is 6.54. The van der Waals surface area contributed by atoms with Crippen LogP contribution in [0.3, 0.4) is 0 Å². The lowest BCUT2D eigenvalue weighted by molar-refractivity contribution is -0.134. The molecule has 96 valence electrons. The molecule has 0 saturated heterocycles. The number of hydrogen-bond donors (Lipinski definition) is 2. The zero-order chi connectivity index (χ0) is 12.6. The molecule has 0 aliphatic heterocycles. The molecule has 0 fully saturated rings. The van der Waals surface area contributed by atoms with Crippen LogP contribution in [-0.2, 0) is 4.79 Å². The average Bonchev–Trinajstić information content (AvgIpc) is 2.29. The Labute approximate surface area is 98.8 Å². The highest BCUT2D eigenvalue weighted by atomic mass is 16.3. The molecule has 0 saturated carbocycles. The highest BCUT2D eigenvalue weighted by Gasteiger charge is 2.21. The van der Waals surface area contributed by atoms with Crippen molar-refractivity contribution < 1.29 is 9.90 Å². The molecule has 0 heterocycles. The fraction of sp³-hybridized carbons (Fsp3) is 0.917. The molecule has 0 aliphatic carbocycles. The molecular formula is C12H26N2O2. The largest absolute Gasteiger partial charge is 0.395 e. The minimum Gasteiger partial charge on any atom is -0.395 e. The number of amides is 1. The number of nitrogens with two attached hydrogens (primary N) is 1. The van der Waals surface area contributed by atoms with Crippen LogP contribution in [0.4, 0.5) is 0 Å². The molecule has 0 aromatic heterocycles. The van der Waals surface area contributed by atoms with Crippen molar-refractivity contribution in [2.45, 2.75) is 58.5 Å². The lowest BCUT2D eigenvalue weighted by Crippen LogP contribution is -2.43. The third-order valence-electron chi connectivity index (χ3n) is 3.01. The Morgan fingerprint density at radius 3 is 2.19 bits per heavy atom. The van der Waals surface area contributed by atoms with Gasteiger partial charge in [0.15, 0.2) is 0 Å². The maximum absolute atomic E-state index is 12.0. The maximum atomic E-state index is 12.0. The minimum absolute atomic E-state index is 0.0175. The van der Waals surface area contributed by atoms with Crippen molar-refractivity contribution in [3.05, 3.63) is 0 Å². The number of hydrogen-bond acceptors (Lipinski definition) is 3. The summed E-state index contributed by atoms with van der Waals surface area (Å²) in [5.41, 5.74) is 5.78. The first kappa shape index (κ1) is 15.4. The first-order chi connectivity index (χ1) is 7.60. The molecule has 1 unspecified atom stereocenters. The molecule has 1 amide bonds. The van der Waals surface area contributed by atoms with E-state index in [1.807, 2.05) is 6.92 Å². The molecule has 0 spiro atoms. The van der Waals surface area contributed by atoms with Crippen LogP contribution in [0, 0.1) is 0 Å². The number of nitrogens with zero attached hydrogens (tertiary/aromatic N) is 1. The summed E-state index contributed by atoms with van der Waals surface area (Å²) in [7, 11) is 0. The lowest BCUT2D eigenvalue weighted by atomic mass is 10.1. The zero-order valence-corrected chi connectivity index (χ0v) is 10.8. The summed E-state index contributed by atoms with van der Waals surface area (Å²) >= 11 is 0. The Bertz CT molecular complexity index is 193. The van der Waals surface area contributed by atoms with Crippen LogP contribution in [-0.4, -0.2) is 41.1 Å². The van der Waals surface area contributed by atoms with Crippen molar-refractivity contribution in [1.29, 1.82) is 0 Å². The summed E-state index contributed by atoms with van der Waals surface area (Å²) in [5, 5.41) is 8.99. The smallest absolute Gasteiger partial charge is 0.224 e. The van der Waals surface area contributed by atoms with Crippen molar-refractivity contribution in [3.63, 3.8) is 0 Å². The van der Waals surface area contributed by atoms with Gasteiger partial charge in [0.1, 0.15) is 0 Å². The summed E-state index contributed by atoms with van der Waals surface area (Å²) < 4.78 is 0. The Morgan fingerprint density at radius 1 is 1.25 bits per heavy atom. The van der Waals surface area contributed by atoms with Crippen molar-refractivity contribution in [1.82, 2.24) is 4.90 Å². The van der Waals surface area contributed by atoms with Gasteiger partial charge in [0.05, 0.1) is 6.61 Å². The van der Waals surface area contributed by atoms with E-state index >= 15 is 0 Å². The van der Waals surface area contributed by atoms with E-state index < -0.39 is 0 Å². The third kappa shape index (κ3) is 4.94. The standard InChI is InChI=1S/C12H26N2O2/c1-4-10(13)9-12(16)14(7-8-15)11(5-2)6-3/h10-11,15H,4-9,13H2,1-3H3. The first-order valence-electron chi connectivity index (χ1n) is 6.26. The van der Waals surface area contributed by atoms with Gasteiger partial charge in [0, 0.05) is 25.0 Å². The molecule has 1 atom stereocenters. The minimum atomic E-state index is -0.0666. The van der Waals surface area contributed by atoms with Gasteiger partial charge in [-0.1, -0.05) is 20.8 Å². The monoisotopic (exact) mass is 230 g/mol. The molecule has 4 nitrogen and oxygen atoms in total. The quantitative estimate of drug-likeness (QED) is 0.656. The number of aliphatic hydroxyl groups excluding tert-OH is 1. The van der Waals surface area contributed by atoms with E-state index in [0.29, 0.717) is 13.0 Å². The summed E-state index contributed by atoms with van der Waals surface area (Å²) in [4.78, 5) is 13.8. The Kier molecular flexibility index (Phi) is 8.21. The van der Waals surface area contributed by atoms with E-state index in [0.717, 1.165) is 19.3 Å².